The van der Waals surface area contributed by atoms with Crippen LogP contribution in [0.2, 0.25) is 0 Å². The van der Waals surface area contributed by atoms with E-state index in [0.29, 0.717) is 11.5 Å². The molecule has 0 fully saturated rings. The summed E-state index contributed by atoms with van der Waals surface area (Å²) in [7, 11) is -0.374. The minimum absolute atomic E-state index is 0.335. The summed E-state index contributed by atoms with van der Waals surface area (Å²) in [5.41, 5.74) is 0. The van der Waals surface area contributed by atoms with Gasteiger partial charge in [-0.05, 0) is 74.5 Å². The van der Waals surface area contributed by atoms with Crippen molar-refractivity contribution in [2.45, 2.75) is 38.2 Å². The normalized spacial score (nSPS) is 13.7. The summed E-state index contributed by atoms with van der Waals surface area (Å²) in [4.78, 5) is 26.2. The highest BCUT2D eigenvalue weighted by molar-refractivity contribution is 9.10. The summed E-state index contributed by atoms with van der Waals surface area (Å²) in [6, 6.07) is 25.3. The molecule has 7 heteroatoms. The molecule has 2 unspecified atom stereocenters. The molecule has 0 N–H and O–H groups in total. The third-order valence-electron chi connectivity index (χ3n) is 4.18. The summed E-state index contributed by atoms with van der Waals surface area (Å²) >= 11 is 6.43. The van der Waals surface area contributed by atoms with E-state index in [-0.39, 0.29) is 32.5 Å². The first-order valence-corrected chi connectivity index (χ1v) is 12.6. The van der Waals surface area contributed by atoms with Gasteiger partial charge in [0.1, 0.15) is 21.2 Å². The van der Waals surface area contributed by atoms with Gasteiger partial charge in [0.25, 0.3) is 0 Å². The van der Waals surface area contributed by atoms with Gasteiger partial charge in [-0.2, -0.15) is 0 Å². The molecular weight excluding hydrogens is 544 g/mol. The molecule has 3 aromatic carbocycles. The van der Waals surface area contributed by atoms with E-state index in [4.69, 9.17) is 9.47 Å². The number of rotatable bonds is 7. The molecule has 3 rings (SSSR count). The van der Waals surface area contributed by atoms with Gasteiger partial charge in [0.15, 0.2) is 14.7 Å². The van der Waals surface area contributed by atoms with Crippen molar-refractivity contribution < 1.29 is 19.1 Å². The van der Waals surface area contributed by atoms with Crippen LogP contribution in [0.4, 0.5) is 0 Å². The maximum atomic E-state index is 11.8. The van der Waals surface area contributed by atoms with E-state index in [2.05, 4.69) is 44.0 Å². The molecule has 0 aliphatic heterocycles. The fraction of sp³-hybridized carbons (Fsp3) is 0.167. The van der Waals surface area contributed by atoms with Crippen LogP contribution in [-0.4, -0.2) is 21.6 Å². The average molecular weight is 565 g/mol. The molecule has 0 radical (unpaired) electrons. The van der Waals surface area contributed by atoms with Crippen molar-refractivity contribution in [3.05, 3.63) is 78.9 Å². The average Bonchev–Trinajstić information content (AvgIpc) is 2.77. The van der Waals surface area contributed by atoms with Gasteiger partial charge < -0.3 is 9.47 Å². The molecule has 160 valence electrons. The van der Waals surface area contributed by atoms with Crippen LogP contribution in [0.5, 0.6) is 11.5 Å². The maximum Gasteiger partial charge on any atom is 0.324 e. The second-order valence-electron chi connectivity index (χ2n) is 6.64. The SMILES string of the molecule is CC(Br)C(=O)Oc1ccc([S+](c2ccccc2)c2ccc(OC(=O)C(C)Br)cc2)cc1. The molecule has 0 heterocycles. The van der Waals surface area contributed by atoms with Crippen LogP contribution >= 0.6 is 31.9 Å². The molecule has 2 atom stereocenters. The monoisotopic (exact) mass is 563 g/mol. The Hall–Kier alpha value is -2.09. The Morgan fingerprint density at radius 3 is 1.35 bits per heavy atom. The third-order valence-corrected chi connectivity index (χ3v) is 7.16. The summed E-state index contributed by atoms with van der Waals surface area (Å²) in [6.45, 7) is 3.45. The molecule has 3 aromatic rings. The van der Waals surface area contributed by atoms with Gasteiger partial charge in [-0.3, -0.25) is 9.59 Å². The number of benzene rings is 3. The number of alkyl halides is 2. The lowest BCUT2D eigenvalue weighted by Crippen LogP contribution is -2.17. The zero-order valence-electron chi connectivity index (χ0n) is 17.0. The van der Waals surface area contributed by atoms with Crippen LogP contribution in [-0.2, 0) is 20.5 Å². The first kappa shape index (κ1) is 23.6. The van der Waals surface area contributed by atoms with Crippen LogP contribution in [0, 0.1) is 0 Å². The van der Waals surface area contributed by atoms with Crippen molar-refractivity contribution in [2.24, 2.45) is 0 Å². The number of hydrogen-bond donors (Lipinski definition) is 0. The van der Waals surface area contributed by atoms with Crippen molar-refractivity contribution in [3.8, 4) is 11.5 Å². The standard InChI is InChI=1S/C24H21Br2O4S/c1-16(25)23(27)29-18-8-12-21(13-9-18)31(20-6-4-3-5-7-20)22-14-10-19(11-15-22)30-24(28)17(2)26/h3-17H,1-2H3/q+1. The van der Waals surface area contributed by atoms with Gasteiger partial charge in [0, 0.05) is 0 Å². The number of esters is 2. The van der Waals surface area contributed by atoms with Crippen LogP contribution in [0.3, 0.4) is 0 Å². The second kappa shape index (κ2) is 11.0. The van der Waals surface area contributed by atoms with E-state index in [1.54, 1.807) is 38.1 Å². The Kier molecular flexibility index (Phi) is 8.35. The van der Waals surface area contributed by atoms with Crippen molar-refractivity contribution in [1.29, 1.82) is 0 Å². The quantitative estimate of drug-likeness (QED) is 0.149. The molecule has 0 aliphatic rings. The molecular formula is C24H21Br2O4S+. The Balaban J connectivity index is 1.89. The summed E-state index contributed by atoms with van der Waals surface area (Å²) in [5, 5.41) is 0. The Morgan fingerprint density at radius 2 is 1.00 bits per heavy atom. The van der Waals surface area contributed by atoms with Crippen LogP contribution in [0.1, 0.15) is 13.8 Å². The molecule has 0 saturated carbocycles. The third kappa shape index (κ3) is 6.45. The highest BCUT2D eigenvalue weighted by atomic mass is 79.9. The fourth-order valence-corrected chi connectivity index (χ4v) is 4.90. The first-order valence-electron chi connectivity index (χ1n) is 9.56. The number of carbonyl (C=O) groups is 2. The highest BCUT2D eigenvalue weighted by Crippen LogP contribution is 2.33. The van der Waals surface area contributed by atoms with Gasteiger partial charge in [0.05, 0.1) is 10.9 Å². The predicted octanol–water partition coefficient (Wildman–Crippen LogP) is 6.16. The molecule has 0 spiro atoms. The summed E-state index contributed by atoms with van der Waals surface area (Å²) in [6.07, 6.45) is 0. The Morgan fingerprint density at radius 1 is 0.645 bits per heavy atom. The van der Waals surface area contributed by atoms with E-state index in [9.17, 15) is 9.59 Å². The molecule has 0 saturated heterocycles. The minimum atomic E-state index is -0.374. The lowest BCUT2D eigenvalue weighted by atomic mass is 10.3. The largest absolute Gasteiger partial charge is 0.426 e. The van der Waals surface area contributed by atoms with Crippen LogP contribution < -0.4 is 9.47 Å². The lowest BCUT2D eigenvalue weighted by Gasteiger charge is -2.10. The molecule has 0 aliphatic carbocycles. The smallest absolute Gasteiger partial charge is 0.324 e. The highest BCUT2D eigenvalue weighted by Gasteiger charge is 2.29. The Bertz CT molecular complexity index is 954. The summed E-state index contributed by atoms with van der Waals surface area (Å²) < 4.78 is 10.7. The second-order valence-corrected chi connectivity index (χ2v) is 11.4. The van der Waals surface area contributed by atoms with Gasteiger partial charge in [-0.15, -0.1) is 0 Å². The Labute approximate surface area is 201 Å². The van der Waals surface area contributed by atoms with Gasteiger partial charge in [-0.25, -0.2) is 0 Å². The number of hydrogen-bond acceptors (Lipinski definition) is 4. The van der Waals surface area contributed by atoms with Gasteiger partial charge in [-0.1, -0.05) is 50.1 Å². The van der Waals surface area contributed by atoms with E-state index in [0.717, 1.165) is 14.7 Å². The molecule has 0 aromatic heterocycles. The molecule has 31 heavy (non-hydrogen) atoms. The first-order chi connectivity index (χ1) is 14.8. The van der Waals surface area contributed by atoms with Crippen molar-refractivity contribution >= 4 is 54.7 Å². The number of ether oxygens (including phenoxy) is 2. The predicted molar refractivity (Wildman–Crippen MR) is 130 cm³/mol. The number of halogens is 2. The zero-order chi connectivity index (χ0) is 22.4. The maximum absolute atomic E-state index is 11.8. The van der Waals surface area contributed by atoms with E-state index in [1.165, 1.54) is 0 Å². The molecule has 0 bridgehead atoms. The topological polar surface area (TPSA) is 52.6 Å². The van der Waals surface area contributed by atoms with Crippen molar-refractivity contribution in [1.82, 2.24) is 0 Å². The summed E-state index contributed by atoms with van der Waals surface area (Å²) in [5.74, 6) is 0.334. The zero-order valence-corrected chi connectivity index (χ0v) is 20.9. The van der Waals surface area contributed by atoms with E-state index in [1.807, 2.05) is 42.5 Å². The van der Waals surface area contributed by atoms with Crippen molar-refractivity contribution in [3.63, 3.8) is 0 Å². The molecule has 4 nitrogen and oxygen atoms in total. The van der Waals surface area contributed by atoms with E-state index >= 15 is 0 Å². The van der Waals surface area contributed by atoms with Crippen LogP contribution in [0.25, 0.3) is 0 Å². The number of carbonyl (C=O) groups excluding carboxylic acids is 2. The van der Waals surface area contributed by atoms with Crippen molar-refractivity contribution in [2.75, 3.05) is 0 Å². The lowest BCUT2D eigenvalue weighted by molar-refractivity contribution is -0.134. The van der Waals surface area contributed by atoms with Gasteiger partial charge >= 0.3 is 11.9 Å². The van der Waals surface area contributed by atoms with Crippen LogP contribution in [0.15, 0.2) is 93.5 Å². The molecule has 0 amide bonds. The fourth-order valence-electron chi connectivity index (χ4n) is 2.65. The van der Waals surface area contributed by atoms with Gasteiger partial charge in [0.2, 0.25) is 0 Å². The minimum Gasteiger partial charge on any atom is -0.426 e. The van der Waals surface area contributed by atoms with E-state index < -0.39 is 0 Å².